The topological polar surface area (TPSA) is 146 Å². The summed E-state index contributed by atoms with van der Waals surface area (Å²) in [5, 5.41) is 20.5. The molecule has 3 aromatic carbocycles. The van der Waals surface area contributed by atoms with Crippen molar-refractivity contribution < 1.29 is 24.2 Å². The van der Waals surface area contributed by atoms with Gasteiger partial charge in [0.2, 0.25) is 0 Å². The third kappa shape index (κ3) is 4.90. The largest absolute Gasteiger partial charge is 0.491 e. The summed E-state index contributed by atoms with van der Waals surface area (Å²) >= 11 is 0. The van der Waals surface area contributed by atoms with Crippen molar-refractivity contribution in [3.05, 3.63) is 94.5 Å². The number of imide groups is 1. The smallest absolute Gasteiger partial charge is 0.330 e. The zero-order valence-electron chi connectivity index (χ0n) is 19.7. The van der Waals surface area contributed by atoms with E-state index in [4.69, 9.17) is 15.9 Å². The number of amides is 2. The first-order valence-electron chi connectivity index (χ1n) is 11.4. The van der Waals surface area contributed by atoms with Gasteiger partial charge in [0.05, 0.1) is 17.7 Å². The number of nitrogens with zero attached hydrogens (tertiary/aromatic N) is 1. The molecule has 0 aromatic heterocycles. The molecule has 36 heavy (non-hydrogen) atoms. The number of anilines is 1. The first-order chi connectivity index (χ1) is 17.3. The first kappa shape index (κ1) is 24.5. The van der Waals surface area contributed by atoms with Gasteiger partial charge in [-0.3, -0.25) is 19.9 Å². The summed E-state index contributed by atoms with van der Waals surface area (Å²) in [5.74, 6) is -1.60. The summed E-state index contributed by atoms with van der Waals surface area (Å²) in [7, 11) is 0. The third-order valence-electron chi connectivity index (χ3n) is 6.00. The van der Waals surface area contributed by atoms with Crippen LogP contribution in [0.3, 0.4) is 0 Å². The molecule has 4 rings (SSSR count). The molecular weight excluding hydrogens is 460 g/mol. The lowest BCUT2D eigenvalue weighted by atomic mass is 10.0. The second-order valence-electron chi connectivity index (χ2n) is 8.29. The number of fused-ring (bicyclic) bond motifs is 1. The van der Waals surface area contributed by atoms with Crippen LogP contribution in [0.5, 0.6) is 5.75 Å². The SMILES string of the molecule is CCc1ccc(OCCN2C(=O)c3ccccc3C2=O)c(C(Nc2ccc(C(=N)N)cc2)C(=O)O)c1. The van der Waals surface area contributed by atoms with Crippen LogP contribution < -0.4 is 15.8 Å². The maximum absolute atomic E-state index is 12.6. The fraction of sp³-hybridized carbons (Fsp3) is 0.185. The standard InChI is InChI=1S/C27H26N4O5/c1-2-16-7-12-22(36-14-13-31-25(32)19-5-3-4-6-20(19)26(31)33)21(15-16)23(27(34)35)30-18-10-8-17(9-11-18)24(28)29/h3-12,15,23,30H,2,13-14H2,1H3,(H3,28,29)(H,34,35). The van der Waals surface area contributed by atoms with Gasteiger partial charge >= 0.3 is 5.97 Å². The van der Waals surface area contributed by atoms with Gasteiger partial charge in [0.25, 0.3) is 11.8 Å². The Balaban J connectivity index is 1.53. The molecule has 1 unspecified atom stereocenters. The number of rotatable bonds is 10. The Morgan fingerprint density at radius 1 is 1.06 bits per heavy atom. The van der Waals surface area contributed by atoms with Crippen LogP contribution in [-0.4, -0.2) is 46.8 Å². The normalized spacial score (nSPS) is 13.3. The average Bonchev–Trinajstić information content (AvgIpc) is 3.12. The monoisotopic (exact) mass is 486 g/mol. The zero-order valence-corrected chi connectivity index (χ0v) is 19.7. The lowest BCUT2D eigenvalue weighted by Gasteiger charge is -2.21. The molecule has 1 aliphatic rings. The number of amidine groups is 1. The Bertz CT molecular complexity index is 1300. The molecule has 2 amide bonds. The van der Waals surface area contributed by atoms with Gasteiger partial charge in [-0.2, -0.15) is 0 Å². The number of benzene rings is 3. The third-order valence-corrected chi connectivity index (χ3v) is 6.00. The molecular formula is C27H26N4O5. The van der Waals surface area contributed by atoms with Crippen molar-refractivity contribution in [2.24, 2.45) is 5.73 Å². The predicted molar refractivity (Wildman–Crippen MR) is 135 cm³/mol. The van der Waals surface area contributed by atoms with Crippen molar-refractivity contribution in [3.63, 3.8) is 0 Å². The van der Waals surface area contributed by atoms with Gasteiger partial charge in [0.15, 0.2) is 6.04 Å². The molecule has 5 N–H and O–H groups in total. The van der Waals surface area contributed by atoms with Crippen molar-refractivity contribution in [2.45, 2.75) is 19.4 Å². The summed E-state index contributed by atoms with van der Waals surface area (Å²) in [6.07, 6.45) is 0.696. The van der Waals surface area contributed by atoms with Gasteiger partial charge in [-0.15, -0.1) is 0 Å². The van der Waals surface area contributed by atoms with Gasteiger partial charge in [-0.25, -0.2) is 4.79 Å². The van der Waals surface area contributed by atoms with E-state index in [-0.39, 0.29) is 30.8 Å². The minimum absolute atomic E-state index is 0.00356. The number of nitrogen functional groups attached to an aromatic ring is 1. The Morgan fingerprint density at radius 3 is 2.25 bits per heavy atom. The Hall–Kier alpha value is -4.66. The number of ether oxygens (including phenoxy) is 1. The maximum Gasteiger partial charge on any atom is 0.330 e. The lowest BCUT2D eigenvalue weighted by Crippen LogP contribution is -2.33. The van der Waals surface area contributed by atoms with Crippen LogP contribution in [0.25, 0.3) is 0 Å². The van der Waals surface area contributed by atoms with E-state index in [2.05, 4.69) is 5.32 Å². The van der Waals surface area contributed by atoms with E-state index in [0.29, 0.717) is 40.1 Å². The molecule has 1 heterocycles. The van der Waals surface area contributed by atoms with Crippen LogP contribution in [0.2, 0.25) is 0 Å². The molecule has 0 aliphatic carbocycles. The van der Waals surface area contributed by atoms with Crippen LogP contribution in [0, 0.1) is 5.41 Å². The predicted octanol–water partition coefficient (Wildman–Crippen LogP) is 3.45. The number of hydrogen-bond donors (Lipinski definition) is 4. The number of aliphatic carboxylic acids is 1. The summed E-state index contributed by atoms with van der Waals surface area (Å²) in [6.45, 7) is 1.99. The highest BCUT2D eigenvalue weighted by Crippen LogP contribution is 2.31. The van der Waals surface area contributed by atoms with Crippen LogP contribution in [0.15, 0.2) is 66.7 Å². The second kappa shape index (κ2) is 10.3. The van der Waals surface area contributed by atoms with E-state index in [9.17, 15) is 19.5 Å². The van der Waals surface area contributed by atoms with E-state index in [1.807, 2.05) is 13.0 Å². The molecule has 0 spiro atoms. The molecule has 184 valence electrons. The fourth-order valence-corrected chi connectivity index (χ4v) is 4.05. The molecule has 0 radical (unpaired) electrons. The zero-order chi connectivity index (χ0) is 25.8. The van der Waals surface area contributed by atoms with E-state index < -0.39 is 12.0 Å². The maximum atomic E-state index is 12.6. The lowest BCUT2D eigenvalue weighted by molar-refractivity contribution is -0.138. The first-order valence-corrected chi connectivity index (χ1v) is 11.4. The summed E-state index contributed by atoms with van der Waals surface area (Å²) in [6, 6.07) is 17.4. The molecule has 0 fully saturated rings. The molecule has 9 heteroatoms. The average molecular weight is 487 g/mol. The van der Waals surface area contributed by atoms with Crippen molar-refractivity contribution in [1.82, 2.24) is 4.90 Å². The molecule has 0 saturated carbocycles. The number of carboxylic acids is 1. The molecule has 0 saturated heterocycles. The summed E-state index contributed by atoms with van der Waals surface area (Å²) < 4.78 is 5.92. The minimum atomic E-state index is -1.13. The van der Waals surface area contributed by atoms with E-state index >= 15 is 0 Å². The highest BCUT2D eigenvalue weighted by molar-refractivity contribution is 6.21. The summed E-state index contributed by atoms with van der Waals surface area (Å²) in [4.78, 5) is 38.6. The highest BCUT2D eigenvalue weighted by atomic mass is 16.5. The van der Waals surface area contributed by atoms with Gasteiger partial charge in [0, 0.05) is 16.8 Å². The Kier molecular flexibility index (Phi) is 7.00. The number of nitrogens with two attached hydrogens (primary N) is 1. The quantitative estimate of drug-likeness (QED) is 0.195. The van der Waals surface area contributed by atoms with Gasteiger partial charge in [0.1, 0.15) is 18.2 Å². The molecule has 1 atom stereocenters. The fourth-order valence-electron chi connectivity index (χ4n) is 4.05. The number of carbonyl (C=O) groups excluding carboxylic acids is 2. The Morgan fingerprint density at radius 2 is 1.69 bits per heavy atom. The number of nitrogens with one attached hydrogen (secondary N) is 2. The minimum Gasteiger partial charge on any atom is -0.491 e. The van der Waals surface area contributed by atoms with E-state index in [1.54, 1.807) is 60.7 Å². The number of aryl methyl sites for hydroxylation is 1. The van der Waals surface area contributed by atoms with Crippen molar-refractivity contribution >= 4 is 29.3 Å². The second-order valence-corrected chi connectivity index (χ2v) is 8.29. The van der Waals surface area contributed by atoms with E-state index in [1.165, 1.54) is 0 Å². The molecule has 3 aromatic rings. The van der Waals surface area contributed by atoms with Gasteiger partial charge in [-0.1, -0.05) is 25.1 Å². The van der Waals surface area contributed by atoms with Crippen LogP contribution in [0.4, 0.5) is 5.69 Å². The molecule has 0 bridgehead atoms. The van der Waals surface area contributed by atoms with Crippen molar-refractivity contribution in [2.75, 3.05) is 18.5 Å². The molecule has 1 aliphatic heterocycles. The van der Waals surface area contributed by atoms with Gasteiger partial charge < -0.3 is 20.9 Å². The Labute approximate surface area is 208 Å². The highest BCUT2D eigenvalue weighted by Gasteiger charge is 2.35. The number of hydrogen-bond acceptors (Lipinski definition) is 6. The summed E-state index contributed by atoms with van der Waals surface area (Å²) in [5.41, 5.74) is 8.63. The van der Waals surface area contributed by atoms with Crippen LogP contribution >= 0.6 is 0 Å². The number of carbonyl (C=O) groups is 3. The number of carboxylic acid groups (broad SMARTS) is 1. The molecule has 9 nitrogen and oxygen atoms in total. The van der Waals surface area contributed by atoms with Crippen LogP contribution in [0.1, 0.15) is 50.4 Å². The van der Waals surface area contributed by atoms with Crippen molar-refractivity contribution in [1.29, 1.82) is 5.41 Å². The van der Waals surface area contributed by atoms with Crippen LogP contribution in [-0.2, 0) is 11.2 Å². The van der Waals surface area contributed by atoms with Gasteiger partial charge in [-0.05, 0) is 60.5 Å². The van der Waals surface area contributed by atoms with Crippen molar-refractivity contribution in [3.8, 4) is 5.75 Å². The van der Waals surface area contributed by atoms with E-state index in [0.717, 1.165) is 10.5 Å².